The topological polar surface area (TPSA) is 17.1 Å². The van der Waals surface area contributed by atoms with Crippen LogP contribution in [0.3, 0.4) is 0 Å². The van der Waals surface area contributed by atoms with Crippen LogP contribution < -0.4 is 0 Å². The summed E-state index contributed by atoms with van der Waals surface area (Å²) in [6.45, 7) is 4.55. The van der Waals surface area contributed by atoms with Crippen LogP contribution in [0, 0.1) is 22.7 Å². The van der Waals surface area contributed by atoms with Gasteiger partial charge in [0.25, 0.3) is 0 Å². The molecule has 2 spiro atoms. The summed E-state index contributed by atoms with van der Waals surface area (Å²) < 4.78 is -0.826. The van der Waals surface area contributed by atoms with Gasteiger partial charge in [-0.1, -0.05) is 127 Å². The standard InChI is InChI=1S/C30H52Cl2O/c1-3-5-7-9-11-13-15-25-17-21-28(22-18-25)27(33)29(30(28,31)32)23-19-26(20-24-29)16-14-12-10-8-6-4-2/h25-26H,3-24H2,1-2H3. The Morgan fingerprint density at radius 2 is 0.939 bits per heavy atom. The van der Waals surface area contributed by atoms with Crippen LogP contribution >= 0.6 is 23.2 Å². The molecule has 0 saturated heterocycles. The molecule has 0 radical (unpaired) electrons. The first-order valence-corrected chi connectivity index (χ1v) is 15.6. The number of hydrogen-bond donors (Lipinski definition) is 0. The SMILES string of the molecule is CCCCCCCCC1CCC2(CC1)C(=O)C1(CCC(CCCCCCCC)CC1)C2(Cl)Cl. The molecule has 3 heteroatoms. The van der Waals surface area contributed by atoms with Gasteiger partial charge in [0.05, 0.1) is 10.8 Å². The van der Waals surface area contributed by atoms with E-state index in [-0.39, 0.29) is 0 Å². The molecule has 33 heavy (non-hydrogen) atoms. The highest BCUT2D eigenvalue weighted by molar-refractivity contribution is 6.55. The van der Waals surface area contributed by atoms with Crippen LogP contribution in [0.5, 0.6) is 0 Å². The van der Waals surface area contributed by atoms with E-state index in [1.54, 1.807) is 0 Å². The van der Waals surface area contributed by atoms with Crippen LogP contribution in [-0.4, -0.2) is 10.1 Å². The third kappa shape index (κ3) is 5.98. The predicted molar refractivity (Wildman–Crippen MR) is 144 cm³/mol. The van der Waals surface area contributed by atoms with Crippen molar-refractivity contribution < 1.29 is 4.79 Å². The smallest absolute Gasteiger partial charge is 0.151 e. The lowest BCUT2D eigenvalue weighted by Crippen LogP contribution is -2.74. The number of ketones is 1. The van der Waals surface area contributed by atoms with Crippen molar-refractivity contribution in [3.05, 3.63) is 0 Å². The minimum atomic E-state index is -0.826. The van der Waals surface area contributed by atoms with E-state index >= 15 is 0 Å². The average molecular weight is 500 g/mol. The second kappa shape index (κ2) is 13.0. The van der Waals surface area contributed by atoms with Gasteiger partial charge in [-0.05, 0) is 63.2 Å². The van der Waals surface area contributed by atoms with Crippen molar-refractivity contribution in [2.24, 2.45) is 22.7 Å². The average Bonchev–Trinajstić information content (AvgIpc) is 2.83. The van der Waals surface area contributed by atoms with Crippen molar-refractivity contribution in [1.82, 2.24) is 0 Å². The zero-order chi connectivity index (χ0) is 23.8. The Morgan fingerprint density at radius 3 is 1.27 bits per heavy atom. The molecule has 0 atom stereocenters. The minimum Gasteiger partial charge on any atom is -0.298 e. The highest BCUT2D eigenvalue weighted by Crippen LogP contribution is 2.74. The summed E-state index contributed by atoms with van der Waals surface area (Å²) >= 11 is 14.3. The second-order valence-corrected chi connectivity index (χ2v) is 13.4. The summed E-state index contributed by atoms with van der Waals surface area (Å²) in [4.78, 5) is 13.7. The highest BCUT2D eigenvalue weighted by Gasteiger charge is 2.78. The molecule has 0 aromatic rings. The maximum Gasteiger partial charge on any atom is 0.151 e. The number of carbonyl (C=O) groups is 1. The van der Waals surface area contributed by atoms with E-state index < -0.39 is 15.2 Å². The van der Waals surface area contributed by atoms with Gasteiger partial charge in [0, 0.05) is 0 Å². The normalized spacial score (nSPS) is 33.5. The molecule has 0 N–H and O–H groups in total. The second-order valence-electron chi connectivity index (χ2n) is 12.1. The summed E-state index contributed by atoms with van der Waals surface area (Å²) in [6, 6.07) is 0. The molecule has 3 rings (SSSR count). The van der Waals surface area contributed by atoms with Gasteiger partial charge in [-0.25, -0.2) is 0 Å². The molecule has 1 nitrogen and oxygen atoms in total. The molecule has 0 heterocycles. The number of halogens is 2. The number of unbranched alkanes of at least 4 members (excludes halogenated alkanes) is 10. The Balaban J connectivity index is 1.39. The van der Waals surface area contributed by atoms with E-state index in [4.69, 9.17) is 23.2 Å². The molecule has 0 bridgehead atoms. The molecule has 3 fully saturated rings. The van der Waals surface area contributed by atoms with Crippen molar-refractivity contribution in [3.63, 3.8) is 0 Å². The van der Waals surface area contributed by atoms with Crippen LogP contribution in [0.2, 0.25) is 0 Å². The maximum atomic E-state index is 13.7. The molecule has 0 unspecified atom stereocenters. The van der Waals surface area contributed by atoms with Gasteiger partial charge < -0.3 is 0 Å². The van der Waals surface area contributed by atoms with Crippen molar-refractivity contribution in [3.8, 4) is 0 Å². The Kier molecular flexibility index (Phi) is 11.0. The fourth-order valence-corrected chi connectivity index (χ4v) is 8.66. The molecule has 0 aliphatic heterocycles. The molecule has 0 amide bonds. The summed E-state index contributed by atoms with van der Waals surface area (Å²) in [6.07, 6.45) is 27.4. The molecule has 3 saturated carbocycles. The molecule has 0 aromatic heterocycles. The summed E-state index contributed by atoms with van der Waals surface area (Å²) in [5.74, 6) is 2.02. The quantitative estimate of drug-likeness (QED) is 0.172. The van der Waals surface area contributed by atoms with E-state index in [1.165, 1.54) is 89.9 Å². The number of carbonyl (C=O) groups excluding carboxylic acids is 1. The number of hydrogen-bond acceptors (Lipinski definition) is 1. The molecule has 3 aliphatic rings. The van der Waals surface area contributed by atoms with Crippen LogP contribution in [0.15, 0.2) is 0 Å². The first-order valence-electron chi connectivity index (χ1n) is 14.9. The largest absolute Gasteiger partial charge is 0.298 e. The summed E-state index contributed by atoms with van der Waals surface area (Å²) in [5.41, 5.74) is -0.861. The lowest BCUT2D eigenvalue weighted by molar-refractivity contribution is -0.172. The van der Waals surface area contributed by atoms with Gasteiger partial charge in [-0.2, -0.15) is 0 Å². The van der Waals surface area contributed by atoms with Gasteiger partial charge in [-0.15, -0.1) is 0 Å². The fourth-order valence-electron chi connectivity index (χ4n) is 7.57. The van der Waals surface area contributed by atoms with E-state index in [1.807, 2.05) is 0 Å². The van der Waals surface area contributed by atoms with Crippen LogP contribution in [-0.2, 0) is 4.79 Å². The molecule has 3 aliphatic carbocycles. The van der Waals surface area contributed by atoms with Crippen molar-refractivity contribution in [1.29, 1.82) is 0 Å². The van der Waals surface area contributed by atoms with Gasteiger partial charge in [-0.3, -0.25) is 4.79 Å². The Bertz CT molecular complexity index is 534. The van der Waals surface area contributed by atoms with Crippen LogP contribution in [0.1, 0.15) is 155 Å². The van der Waals surface area contributed by atoms with Gasteiger partial charge in [0.2, 0.25) is 0 Å². The van der Waals surface area contributed by atoms with Gasteiger partial charge in [0.15, 0.2) is 5.78 Å². The Labute approximate surface area is 215 Å². The zero-order valence-corrected chi connectivity index (χ0v) is 23.4. The van der Waals surface area contributed by atoms with Crippen LogP contribution in [0.25, 0.3) is 0 Å². The van der Waals surface area contributed by atoms with Gasteiger partial charge in [0.1, 0.15) is 4.33 Å². The summed E-state index contributed by atoms with van der Waals surface area (Å²) in [5, 5.41) is 0. The highest BCUT2D eigenvalue weighted by atomic mass is 35.5. The van der Waals surface area contributed by atoms with Gasteiger partial charge >= 0.3 is 0 Å². The fraction of sp³-hybridized carbons (Fsp3) is 0.967. The molecular formula is C30H52Cl2O. The van der Waals surface area contributed by atoms with E-state index in [9.17, 15) is 4.79 Å². The van der Waals surface area contributed by atoms with Crippen molar-refractivity contribution in [2.45, 2.75) is 159 Å². The maximum absolute atomic E-state index is 13.7. The first-order chi connectivity index (χ1) is 15.9. The van der Waals surface area contributed by atoms with E-state index in [0.717, 1.165) is 63.2 Å². The monoisotopic (exact) mass is 498 g/mol. The Morgan fingerprint density at radius 1 is 0.606 bits per heavy atom. The minimum absolute atomic E-state index is 0.431. The lowest BCUT2D eigenvalue weighted by atomic mass is 9.42. The third-order valence-corrected chi connectivity index (χ3v) is 11.4. The number of Topliss-reactive ketones (excluding diaryl/α,β-unsaturated/α-hetero) is 1. The van der Waals surface area contributed by atoms with Crippen LogP contribution in [0.4, 0.5) is 0 Å². The van der Waals surface area contributed by atoms with E-state index in [0.29, 0.717) is 5.78 Å². The van der Waals surface area contributed by atoms with Crippen molar-refractivity contribution >= 4 is 29.0 Å². The molecule has 192 valence electrons. The van der Waals surface area contributed by atoms with Crippen molar-refractivity contribution in [2.75, 3.05) is 0 Å². The number of rotatable bonds is 14. The Hall–Kier alpha value is 0.250. The number of alkyl halides is 2. The lowest BCUT2D eigenvalue weighted by Gasteiger charge is -2.67. The third-order valence-electron chi connectivity index (χ3n) is 9.92. The zero-order valence-electron chi connectivity index (χ0n) is 21.9. The van der Waals surface area contributed by atoms with E-state index in [2.05, 4.69) is 13.8 Å². The first kappa shape index (κ1) is 27.8. The molecule has 0 aromatic carbocycles. The summed E-state index contributed by atoms with van der Waals surface area (Å²) in [7, 11) is 0. The predicted octanol–water partition coefficient (Wildman–Crippen LogP) is 10.6. The molecular weight excluding hydrogens is 447 g/mol.